The molecule has 1 aliphatic rings. The van der Waals surface area contributed by atoms with Crippen LogP contribution in [-0.2, 0) is 6.42 Å². The highest BCUT2D eigenvalue weighted by atomic mass is 79.9. The first kappa shape index (κ1) is 10.3. The van der Waals surface area contributed by atoms with Gasteiger partial charge in [0.05, 0.1) is 14.5 Å². The Kier molecular flexibility index (Phi) is 2.77. The summed E-state index contributed by atoms with van der Waals surface area (Å²) in [5.74, 6) is -0.369. The molecule has 1 aliphatic heterocycles. The van der Waals surface area contributed by atoms with Crippen LogP contribution in [0.3, 0.4) is 0 Å². The van der Waals surface area contributed by atoms with Gasteiger partial charge in [0.2, 0.25) is 0 Å². The number of anilines is 1. The highest BCUT2D eigenvalue weighted by Gasteiger charge is 2.19. The van der Waals surface area contributed by atoms with E-state index in [1.165, 1.54) is 6.07 Å². The Balaban J connectivity index is 2.59. The number of fused-ring (bicyclic) bond motifs is 1. The van der Waals surface area contributed by atoms with Crippen molar-refractivity contribution in [2.45, 2.75) is 12.8 Å². The summed E-state index contributed by atoms with van der Waals surface area (Å²) in [6, 6.07) is 1.41. The van der Waals surface area contributed by atoms with Gasteiger partial charge in [-0.15, -0.1) is 0 Å². The Morgan fingerprint density at radius 1 is 1.50 bits per heavy atom. The van der Waals surface area contributed by atoms with E-state index in [2.05, 4.69) is 21.2 Å². The zero-order valence-electron chi connectivity index (χ0n) is 7.03. The first-order chi connectivity index (χ1) is 6.59. The lowest BCUT2D eigenvalue weighted by Gasteiger charge is -2.20. The minimum Gasteiger partial charge on any atom is -0.350 e. The summed E-state index contributed by atoms with van der Waals surface area (Å²) in [6.07, 6.45) is 1.53. The van der Waals surface area contributed by atoms with E-state index >= 15 is 0 Å². The second-order valence-corrected chi connectivity index (χ2v) is 4.72. The molecule has 1 aromatic rings. The molecule has 2 rings (SSSR count). The Morgan fingerprint density at radius 2 is 2.21 bits per heavy atom. The average Bonchev–Trinajstić information content (AvgIpc) is 2.14. The van der Waals surface area contributed by atoms with E-state index in [-0.39, 0.29) is 5.82 Å². The monoisotopic (exact) mass is 293 g/mol. The van der Waals surface area contributed by atoms with Gasteiger partial charge in [0.25, 0.3) is 0 Å². The van der Waals surface area contributed by atoms with Crippen molar-refractivity contribution in [3.63, 3.8) is 0 Å². The highest BCUT2D eigenvalue weighted by Crippen LogP contribution is 2.37. The minimum absolute atomic E-state index is 0.326. The second-order valence-electron chi connectivity index (χ2n) is 3.06. The molecule has 0 saturated heterocycles. The van der Waals surface area contributed by atoms with Gasteiger partial charge in [-0.1, -0.05) is 23.8 Å². The van der Waals surface area contributed by atoms with E-state index in [1.54, 1.807) is 0 Å². The molecule has 0 bridgehead atoms. The number of rotatable bonds is 0. The van der Waals surface area contributed by atoms with Crippen LogP contribution in [0.1, 0.15) is 12.0 Å². The van der Waals surface area contributed by atoms with E-state index < -0.39 is 0 Å². The van der Waals surface area contributed by atoms with Crippen LogP contribution in [0.25, 0.3) is 0 Å². The van der Waals surface area contributed by atoms with E-state index in [1.807, 2.05) is 0 Å². The molecule has 0 radical (unpaired) electrons. The number of benzene rings is 1. The number of hydrogen-bond acceptors (Lipinski definition) is 1. The highest BCUT2D eigenvalue weighted by molar-refractivity contribution is 9.10. The van der Waals surface area contributed by atoms with Gasteiger partial charge in [0, 0.05) is 12.1 Å². The maximum absolute atomic E-state index is 13.3. The van der Waals surface area contributed by atoms with Crippen molar-refractivity contribution in [1.29, 1.82) is 0 Å². The van der Waals surface area contributed by atoms with E-state index in [0.717, 1.165) is 23.4 Å². The van der Waals surface area contributed by atoms with Gasteiger partial charge in [-0.2, -0.15) is 0 Å². The van der Waals surface area contributed by atoms with Crippen molar-refractivity contribution < 1.29 is 4.39 Å². The summed E-state index contributed by atoms with van der Waals surface area (Å²) in [4.78, 5) is 0.732. The molecule has 1 nitrogen and oxygen atoms in total. The summed E-state index contributed by atoms with van der Waals surface area (Å²) in [5.41, 5.74) is 1.61. The smallest absolute Gasteiger partial charge is 0.140 e. The third kappa shape index (κ3) is 1.66. The summed E-state index contributed by atoms with van der Waals surface area (Å²) in [7, 11) is 0. The molecule has 1 N–H and O–H groups in total. The van der Waals surface area contributed by atoms with Gasteiger partial charge in [-0.3, -0.25) is 0 Å². The average molecular weight is 295 g/mol. The van der Waals surface area contributed by atoms with E-state index in [9.17, 15) is 4.39 Å². The van der Waals surface area contributed by atoms with Crippen LogP contribution in [0.4, 0.5) is 10.1 Å². The molecule has 1 aromatic carbocycles. The lowest BCUT2D eigenvalue weighted by molar-refractivity contribution is 0.621. The van der Waals surface area contributed by atoms with Gasteiger partial charge in [0.15, 0.2) is 0 Å². The van der Waals surface area contributed by atoms with Crippen LogP contribution in [-0.4, -0.2) is 4.99 Å². The van der Waals surface area contributed by atoms with Gasteiger partial charge in [-0.05, 0) is 34.0 Å². The predicted molar refractivity (Wildman–Crippen MR) is 63.7 cm³/mol. The van der Waals surface area contributed by atoms with Gasteiger partial charge >= 0.3 is 0 Å². The number of nitrogens with one attached hydrogen (secondary N) is 1. The van der Waals surface area contributed by atoms with Crippen molar-refractivity contribution >= 4 is 50.4 Å². The molecule has 0 unspecified atom stereocenters. The Labute approximate surface area is 99.8 Å². The fraction of sp³-hybridized carbons (Fsp3) is 0.222. The quantitative estimate of drug-likeness (QED) is 0.575. The summed E-state index contributed by atoms with van der Waals surface area (Å²) >= 11 is 14.1. The van der Waals surface area contributed by atoms with E-state index in [0.29, 0.717) is 15.2 Å². The van der Waals surface area contributed by atoms with Crippen LogP contribution < -0.4 is 5.32 Å². The Morgan fingerprint density at radius 3 is 2.93 bits per heavy atom. The molecule has 0 aromatic heterocycles. The van der Waals surface area contributed by atoms with Gasteiger partial charge < -0.3 is 5.32 Å². The normalized spacial score (nSPS) is 14.9. The van der Waals surface area contributed by atoms with E-state index in [4.69, 9.17) is 23.8 Å². The van der Waals surface area contributed by atoms with Crippen molar-refractivity contribution in [1.82, 2.24) is 0 Å². The SMILES string of the molecule is Fc1cc2c(c(Cl)c1Br)CCC(=S)N2. The minimum atomic E-state index is -0.369. The third-order valence-electron chi connectivity index (χ3n) is 2.14. The first-order valence-corrected chi connectivity index (χ1v) is 5.63. The molecule has 0 amide bonds. The number of thiocarbonyl (C=S) groups is 1. The second kappa shape index (κ2) is 3.76. The van der Waals surface area contributed by atoms with Crippen molar-refractivity contribution in [2.24, 2.45) is 0 Å². The molecule has 0 fully saturated rings. The molecule has 1 heterocycles. The zero-order valence-corrected chi connectivity index (χ0v) is 10.2. The molecule has 0 atom stereocenters. The topological polar surface area (TPSA) is 12.0 Å². The molecule has 0 aliphatic carbocycles. The fourth-order valence-electron chi connectivity index (χ4n) is 1.44. The predicted octanol–water partition coefficient (Wildman–Crippen LogP) is 3.93. The first-order valence-electron chi connectivity index (χ1n) is 4.06. The summed E-state index contributed by atoms with van der Waals surface area (Å²) in [6.45, 7) is 0. The molecule has 0 spiro atoms. The molecular formula is C9H6BrClFNS. The standard InChI is InChI=1S/C9H6BrClFNS/c10-8-5(12)3-6-4(9(8)11)1-2-7(14)13-6/h3H,1-2H2,(H,13,14). The molecular weight excluding hydrogens is 289 g/mol. The van der Waals surface area contributed by atoms with Crippen molar-refractivity contribution in [3.8, 4) is 0 Å². The number of halogens is 3. The van der Waals surface area contributed by atoms with Crippen molar-refractivity contribution in [2.75, 3.05) is 5.32 Å². The van der Waals surface area contributed by atoms with Crippen LogP contribution in [0.15, 0.2) is 10.5 Å². The fourth-order valence-corrected chi connectivity index (χ4v) is 2.29. The van der Waals surface area contributed by atoms with Crippen LogP contribution in [0, 0.1) is 5.82 Å². The van der Waals surface area contributed by atoms with Crippen LogP contribution in [0.5, 0.6) is 0 Å². The van der Waals surface area contributed by atoms with Gasteiger partial charge in [0.1, 0.15) is 5.82 Å². The lowest BCUT2D eigenvalue weighted by atomic mass is 10.0. The lowest BCUT2D eigenvalue weighted by Crippen LogP contribution is -2.17. The van der Waals surface area contributed by atoms with Crippen LogP contribution >= 0.6 is 39.7 Å². The molecule has 5 heteroatoms. The summed E-state index contributed by atoms with van der Waals surface area (Å²) < 4.78 is 13.6. The molecule has 74 valence electrons. The Hall–Kier alpha value is -0.190. The van der Waals surface area contributed by atoms with Crippen molar-refractivity contribution in [3.05, 3.63) is 26.9 Å². The van der Waals surface area contributed by atoms with Crippen LogP contribution in [0.2, 0.25) is 5.02 Å². The Bertz CT molecular complexity index is 422. The largest absolute Gasteiger partial charge is 0.350 e. The maximum Gasteiger partial charge on any atom is 0.140 e. The third-order valence-corrected chi connectivity index (χ3v) is 3.87. The molecule has 14 heavy (non-hydrogen) atoms. The number of hydrogen-bond donors (Lipinski definition) is 1. The van der Waals surface area contributed by atoms with Gasteiger partial charge in [-0.25, -0.2) is 4.39 Å². The zero-order chi connectivity index (χ0) is 10.3. The summed E-state index contributed by atoms with van der Waals surface area (Å²) in [5, 5.41) is 3.39. The maximum atomic E-state index is 13.3. The molecule has 0 saturated carbocycles.